The van der Waals surface area contributed by atoms with E-state index in [1.807, 2.05) is 0 Å². The molecule has 0 saturated carbocycles. The van der Waals surface area contributed by atoms with Gasteiger partial charge in [-0.1, -0.05) is 25.8 Å². The SMILES string of the molecule is C=CC(CCCC)OO. The standard InChI is InChI=1S/C7H14O2/c1-3-5-6-7(4-2)9-8/h4,7-8H,2-3,5-6H2,1H3. The largest absolute Gasteiger partial charge is 0.251 e. The molecule has 0 aromatic carbocycles. The number of hydrogen-bond acceptors (Lipinski definition) is 2. The Kier molecular flexibility index (Phi) is 5.57. The molecule has 0 amide bonds. The molecule has 0 bridgehead atoms. The topological polar surface area (TPSA) is 29.5 Å². The summed E-state index contributed by atoms with van der Waals surface area (Å²) >= 11 is 0. The van der Waals surface area contributed by atoms with Crippen LogP contribution >= 0.6 is 0 Å². The van der Waals surface area contributed by atoms with Crippen molar-refractivity contribution < 1.29 is 10.1 Å². The smallest absolute Gasteiger partial charge is 0.111 e. The Hall–Kier alpha value is -0.340. The van der Waals surface area contributed by atoms with Crippen LogP contribution in [0.3, 0.4) is 0 Å². The quantitative estimate of drug-likeness (QED) is 0.351. The number of unbranched alkanes of at least 4 members (excludes halogenated alkanes) is 1. The Bertz CT molecular complexity index is 71.3. The zero-order valence-electron chi connectivity index (χ0n) is 5.84. The Morgan fingerprint density at radius 2 is 2.44 bits per heavy atom. The van der Waals surface area contributed by atoms with E-state index >= 15 is 0 Å². The van der Waals surface area contributed by atoms with Crippen molar-refractivity contribution in [1.82, 2.24) is 0 Å². The van der Waals surface area contributed by atoms with Gasteiger partial charge in [0.1, 0.15) is 6.10 Å². The number of hydrogen-bond donors (Lipinski definition) is 1. The highest BCUT2D eigenvalue weighted by atomic mass is 17.1. The van der Waals surface area contributed by atoms with Gasteiger partial charge in [0.15, 0.2) is 0 Å². The Labute approximate surface area is 56.1 Å². The fourth-order valence-electron chi connectivity index (χ4n) is 0.619. The van der Waals surface area contributed by atoms with Crippen LogP contribution in [0.5, 0.6) is 0 Å². The molecule has 1 unspecified atom stereocenters. The van der Waals surface area contributed by atoms with Crippen LogP contribution in [0.25, 0.3) is 0 Å². The molecule has 0 aromatic heterocycles. The molecule has 2 nitrogen and oxygen atoms in total. The van der Waals surface area contributed by atoms with Crippen LogP contribution in [-0.2, 0) is 4.89 Å². The summed E-state index contributed by atoms with van der Waals surface area (Å²) in [6.07, 6.45) is 4.47. The molecule has 0 aliphatic carbocycles. The molecule has 0 saturated heterocycles. The maximum atomic E-state index is 8.18. The summed E-state index contributed by atoms with van der Waals surface area (Å²) < 4.78 is 0. The van der Waals surface area contributed by atoms with E-state index in [1.54, 1.807) is 6.08 Å². The minimum Gasteiger partial charge on any atom is -0.251 e. The van der Waals surface area contributed by atoms with E-state index in [9.17, 15) is 0 Å². The van der Waals surface area contributed by atoms with Gasteiger partial charge in [0, 0.05) is 0 Å². The third kappa shape index (κ3) is 4.18. The molecule has 0 aromatic rings. The third-order valence-corrected chi connectivity index (χ3v) is 1.24. The van der Waals surface area contributed by atoms with Crippen molar-refractivity contribution in [3.8, 4) is 0 Å². The van der Waals surface area contributed by atoms with Gasteiger partial charge in [-0.15, -0.1) is 6.58 Å². The first-order valence-electron chi connectivity index (χ1n) is 3.28. The Morgan fingerprint density at radius 3 is 2.78 bits per heavy atom. The van der Waals surface area contributed by atoms with E-state index in [0.29, 0.717) is 0 Å². The third-order valence-electron chi connectivity index (χ3n) is 1.24. The average molecular weight is 130 g/mol. The monoisotopic (exact) mass is 130 g/mol. The minimum absolute atomic E-state index is 0.176. The van der Waals surface area contributed by atoms with E-state index in [0.717, 1.165) is 19.3 Å². The van der Waals surface area contributed by atoms with Gasteiger partial charge in [0.05, 0.1) is 0 Å². The van der Waals surface area contributed by atoms with E-state index in [-0.39, 0.29) is 6.10 Å². The van der Waals surface area contributed by atoms with Gasteiger partial charge in [-0.3, -0.25) is 5.26 Å². The normalized spacial score (nSPS) is 13.1. The Balaban J connectivity index is 3.20. The molecule has 0 rings (SSSR count). The van der Waals surface area contributed by atoms with Gasteiger partial charge in [0.2, 0.25) is 0 Å². The van der Waals surface area contributed by atoms with E-state index in [2.05, 4.69) is 18.4 Å². The molecule has 1 N–H and O–H groups in total. The highest BCUT2D eigenvalue weighted by Gasteiger charge is 2.00. The van der Waals surface area contributed by atoms with Crippen molar-refractivity contribution in [2.75, 3.05) is 0 Å². The first kappa shape index (κ1) is 8.66. The van der Waals surface area contributed by atoms with Crippen molar-refractivity contribution in [2.45, 2.75) is 32.3 Å². The minimum atomic E-state index is -0.176. The lowest BCUT2D eigenvalue weighted by Crippen LogP contribution is -2.05. The van der Waals surface area contributed by atoms with Crippen LogP contribution in [0, 0.1) is 0 Å². The van der Waals surface area contributed by atoms with E-state index in [1.165, 1.54) is 0 Å². The average Bonchev–Trinajstić information content (AvgIpc) is 1.91. The number of rotatable bonds is 5. The Morgan fingerprint density at radius 1 is 1.78 bits per heavy atom. The summed E-state index contributed by atoms with van der Waals surface area (Å²) in [6, 6.07) is 0. The van der Waals surface area contributed by atoms with Crippen LogP contribution in [0.15, 0.2) is 12.7 Å². The lowest BCUT2D eigenvalue weighted by Gasteiger charge is -2.05. The lowest BCUT2D eigenvalue weighted by molar-refractivity contribution is -0.267. The molecular weight excluding hydrogens is 116 g/mol. The highest BCUT2D eigenvalue weighted by Crippen LogP contribution is 2.03. The molecule has 0 radical (unpaired) electrons. The van der Waals surface area contributed by atoms with Crippen LogP contribution in [0.4, 0.5) is 0 Å². The van der Waals surface area contributed by atoms with Crippen LogP contribution < -0.4 is 0 Å². The van der Waals surface area contributed by atoms with Crippen molar-refractivity contribution in [2.24, 2.45) is 0 Å². The lowest BCUT2D eigenvalue weighted by atomic mass is 10.2. The molecule has 0 aliphatic heterocycles. The van der Waals surface area contributed by atoms with Gasteiger partial charge in [-0.05, 0) is 6.42 Å². The van der Waals surface area contributed by atoms with Gasteiger partial charge in [-0.2, -0.15) is 0 Å². The van der Waals surface area contributed by atoms with Gasteiger partial charge >= 0.3 is 0 Å². The molecule has 0 fully saturated rings. The molecule has 0 heterocycles. The second-order valence-corrected chi connectivity index (χ2v) is 2.02. The van der Waals surface area contributed by atoms with Crippen molar-refractivity contribution in [3.05, 3.63) is 12.7 Å². The maximum absolute atomic E-state index is 8.18. The summed E-state index contributed by atoms with van der Waals surface area (Å²) in [7, 11) is 0. The molecule has 9 heavy (non-hydrogen) atoms. The first-order chi connectivity index (χ1) is 4.35. The van der Waals surface area contributed by atoms with Gasteiger partial charge in [0.25, 0.3) is 0 Å². The van der Waals surface area contributed by atoms with E-state index in [4.69, 9.17) is 5.26 Å². The summed E-state index contributed by atoms with van der Waals surface area (Å²) in [4.78, 5) is 4.08. The molecule has 54 valence electrons. The van der Waals surface area contributed by atoms with Crippen molar-refractivity contribution >= 4 is 0 Å². The second-order valence-electron chi connectivity index (χ2n) is 2.02. The predicted molar refractivity (Wildman–Crippen MR) is 37.2 cm³/mol. The van der Waals surface area contributed by atoms with Crippen LogP contribution in [-0.4, -0.2) is 11.4 Å². The maximum Gasteiger partial charge on any atom is 0.111 e. The van der Waals surface area contributed by atoms with Gasteiger partial charge in [-0.25, -0.2) is 4.89 Å². The molecule has 0 aliphatic rings. The summed E-state index contributed by atoms with van der Waals surface area (Å²) in [6.45, 7) is 5.59. The van der Waals surface area contributed by atoms with Gasteiger partial charge < -0.3 is 0 Å². The van der Waals surface area contributed by atoms with E-state index < -0.39 is 0 Å². The summed E-state index contributed by atoms with van der Waals surface area (Å²) in [5.41, 5.74) is 0. The van der Waals surface area contributed by atoms with Crippen molar-refractivity contribution in [3.63, 3.8) is 0 Å². The van der Waals surface area contributed by atoms with Crippen LogP contribution in [0.1, 0.15) is 26.2 Å². The summed E-state index contributed by atoms with van der Waals surface area (Å²) in [5.74, 6) is 0. The fraction of sp³-hybridized carbons (Fsp3) is 0.714. The molecular formula is C7H14O2. The molecule has 2 heteroatoms. The predicted octanol–water partition coefficient (Wildman–Crippen LogP) is 2.22. The molecule has 1 atom stereocenters. The van der Waals surface area contributed by atoms with Crippen LogP contribution in [0.2, 0.25) is 0 Å². The van der Waals surface area contributed by atoms with Crippen molar-refractivity contribution in [1.29, 1.82) is 0 Å². The summed E-state index contributed by atoms with van der Waals surface area (Å²) in [5, 5.41) is 8.18. The zero-order valence-corrected chi connectivity index (χ0v) is 5.84. The fourth-order valence-corrected chi connectivity index (χ4v) is 0.619. The highest BCUT2D eigenvalue weighted by molar-refractivity contribution is 4.78. The first-order valence-corrected chi connectivity index (χ1v) is 3.28. The molecule has 0 spiro atoms. The zero-order chi connectivity index (χ0) is 7.11. The second kappa shape index (κ2) is 5.79.